The van der Waals surface area contributed by atoms with E-state index in [1.54, 1.807) is 52.3 Å². The molecule has 3 aliphatic heterocycles. The fourth-order valence-corrected chi connectivity index (χ4v) is 9.19. The van der Waals surface area contributed by atoms with E-state index in [2.05, 4.69) is 9.98 Å². The van der Waals surface area contributed by atoms with Crippen molar-refractivity contribution >= 4 is 86.3 Å². The SMILES string of the molecule is C.C.CCCN=C1S/C(=C\c2ccc(OC[C@H](O)CO)c(Cl)c2)C(=O)N1c1ccccc1C.CCCN=C1SC2(OC2c2ccc(OC[C@H](O)CO)c(Cl)c2)C(=O)N1c1ccccc1C.OO.[Na+].[OH-]. The first kappa shape index (κ1) is 63.5. The van der Waals surface area contributed by atoms with Gasteiger partial charge in [0.05, 0.1) is 39.5 Å². The van der Waals surface area contributed by atoms with Crippen molar-refractivity contribution < 1.29 is 89.8 Å². The van der Waals surface area contributed by atoms with Crippen LogP contribution >= 0.6 is 46.7 Å². The Morgan fingerprint density at radius 2 is 1.26 bits per heavy atom. The quantitative estimate of drug-likeness (QED) is 0.0245. The Bertz CT molecular complexity index is 2400. The van der Waals surface area contributed by atoms with E-state index in [4.69, 9.17) is 58.1 Å². The summed E-state index contributed by atoms with van der Waals surface area (Å²) in [6.07, 6.45) is 1.13. The number of carbonyl (C=O) groups excluding carboxylic acids is 2. The maximum absolute atomic E-state index is 13.6. The van der Waals surface area contributed by atoms with Crippen LogP contribution in [0.4, 0.5) is 11.4 Å². The molecule has 1 spiro atoms. The third kappa shape index (κ3) is 15.7. The average Bonchev–Trinajstić information content (AvgIpc) is 3.88. The number of thioether (sulfide) groups is 2. The van der Waals surface area contributed by atoms with Crippen molar-refractivity contribution in [3.63, 3.8) is 0 Å². The number of halogens is 2. The topological polar surface area (TPSA) is 248 Å². The van der Waals surface area contributed by atoms with E-state index in [1.165, 1.54) is 23.5 Å². The van der Waals surface area contributed by atoms with Gasteiger partial charge >= 0.3 is 29.6 Å². The molecule has 0 radical (unpaired) electrons. The van der Waals surface area contributed by atoms with Gasteiger partial charge < -0.3 is 40.1 Å². The maximum Gasteiger partial charge on any atom is 1.00 e. The van der Waals surface area contributed by atoms with E-state index in [9.17, 15) is 19.8 Å². The molecule has 2 unspecified atom stereocenters. The van der Waals surface area contributed by atoms with Gasteiger partial charge in [-0.25, -0.2) is 0 Å². The molecule has 3 saturated heterocycles. The Hall–Kier alpha value is -3.54. The number of epoxide rings is 1. The molecule has 4 atom stereocenters. The summed E-state index contributed by atoms with van der Waals surface area (Å²) in [5.74, 6) is 0.499. The van der Waals surface area contributed by atoms with Crippen molar-refractivity contribution in [2.45, 2.75) is 78.6 Å². The second kappa shape index (κ2) is 30.4. The number of amides is 2. The summed E-state index contributed by atoms with van der Waals surface area (Å²) in [6, 6.07) is 25.8. The first-order valence-corrected chi connectivity index (χ1v) is 23.0. The number of ether oxygens (including phenoxy) is 3. The Labute approximate surface area is 444 Å². The molecule has 7 rings (SSSR count). The van der Waals surface area contributed by atoms with Crippen LogP contribution in [-0.4, -0.2) is 115 Å². The molecular weight excluding hydrogens is 983 g/mol. The zero-order valence-corrected chi connectivity index (χ0v) is 42.7. The average molecular weight is 1040 g/mol. The Kier molecular flexibility index (Phi) is 27.9. The van der Waals surface area contributed by atoms with Crippen molar-refractivity contribution in [2.24, 2.45) is 9.98 Å². The van der Waals surface area contributed by atoms with Gasteiger partial charge in [-0.1, -0.05) is 100 Å². The molecule has 3 heterocycles. The smallest absolute Gasteiger partial charge is 0.870 e. The van der Waals surface area contributed by atoms with Crippen molar-refractivity contribution in [1.29, 1.82) is 0 Å². The van der Waals surface area contributed by atoms with E-state index >= 15 is 0 Å². The minimum absolute atomic E-state index is 0. The van der Waals surface area contributed by atoms with Crippen LogP contribution in [0.5, 0.6) is 11.5 Å². The minimum atomic E-state index is -1.06. The second-order valence-electron chi connectivity index (χ2n) is 14.7. The summed E-state index contributed by atoms with van der Waals surface area (Å²) < 4.78 is 16.9. The van der Waals surface area contributed by atoms with Gasteiger partial charge in [0, 0.05) is 13.1 Å². The van der Waals surface area contributed by atoms with Gasteiger partial charge in [-0.05, 0) is 115 Å². The van der Waals surface area contributed by atoms with E-state index in [-0.39, 0.29) is 81.5 Å². The van der Waals surface area contributed by atoms with Gasteiger partial charge in [-0.3, -0.25) is 39.9 Å². The Morgan fingerprint density at radius 1 is 0.768 bits per heavy atom. The van der Waals surface area contributed by atoms with Gasteiger partial charge in [0.15, 0.2) is 10.3 Å². The molecular formula is C48H61Cl2N4NaO12S2. The van der Waals surface area contributed by atoms with Crippen molar-refractivity contribution in [1.82, 2.24) is 0 Å². The largest absolute Gasteiger partial charge is 1.00 e. The number of hydrogen-bond acceptors (Lipinski definition) is 16. The van der Waals surface area contributed by atoms with Crippen LogP contribution in [0.1, 0.15) is 69.9 Å². The summed E-state index contributed by atoms with van der Waals surface area (Å²) in [7, 11) is 0. The summed E-state index contributed by atoms with van der Waals surface area (Å²) in [5.41, 5.74) is 5.11. The van der Waals surface area contributed by atoms with Crippen LogP contribution in [0.25, 0.3) is 6.08 Å². The number of aliphatic hydroxyl groups is 4. The first-order chi connectivity index (χ1) is 31.3. The molecule has 0 aliphatic carbocycles. The standard InChI is InChI=1S/C23H25ClN2O5S.C23H25ClN2O4S.2CH4.Na.H2O2.H2O/c1-3-10-25-22-26(18-7-5-4-6-14(18)2)21(29)23(32-22)20(31-23)15-8-9-19(17(24)11-15)30-13-16(28)12-27;1-3-10-25-23-26(19-7-5-4-6-15(19)2)22(29)21(31-23)12-16-8-9-20(18(24)11-16)30-14-17(28)13-27;;;;1-2;/h4-9,11,16,20,27-28H,3,10,12-13H2,1-2H3;4-9,11-12,17,27-28H,3,10,13-14H2,1-2H3;2*1H4;;1-2H;1H2/q;;;;+1;;/p-1/b;21-12-,25-23?;;;;;/t16-,20?,23?;17-;;;;;/m11...../s1. The Morgan fingerprint density at radius 3 is 1.75 bits per heavy atom. The monoisotopic (exact) mass is 1040 g/mol. The molecule has 21 heteroatoms. The van der Waals surface area contributed by atoms with Crippen LogP contribution in [-0.2, 0) is 14.3 Å². The summed E-state index contributed by atoms with van der Waals surface area (Å²) in [6.45, 7) is 8.37. The second-order valence-corrected chi connectivity index (χ2v) is 17.7. The molecule has 0 aromatic heterocycles. The van der Waals surface area contributed by atoms with Gasteiger partial charge in [0.2, 0.25) is 4.93 Å². The fourth-order valence-electron chi connectivity index (χ4n) is 6.44. The number of rotatable bonds is 16. The first-order valence-electron chi connectivity index (χ1n) is 20.6. The molecule has 0 saturated carbocycles. The molecule has 2 amide bonds. The number of para-hydroxylation sites is 2. The summed E-state index contributed by atoms with van der Waals surface area (Å²) in [4.78, 5) is 38.9. The van der Waals surface area contributed by atoms with Gasteiger partial charge in [0.25, 0.3) is 11.8 Å². The number of aryl methyl sites for hydroxylation is 2. The van der Waals surface area contributed by atoms with Gasteiger partial charge in [-0.2, -0.15) is 0 Å². The number of anilines is 2. The number of nitrogens with zero attached hydrogens (tertiary/aromatic N) is 4. The third-order valence-electron chi connectivity index (χ3n) is 9.77. The molecule has 3 aliphatic rings. The molecule has 3 fully saturated rings. The number of carbonyl (C=O) groups is 2. The number of amidine groups is 2. The Balaban J connectivity index is 0.000000631. The molecule has 0 bridgehead atoms. The normalized spacial score (nSPS) is 19.3. The zero-order chi connectivity index (χ0) is 47.3. The van der Waals surface area contributed by atoms with Crippen molar-refractivity contribution in [3.05, 3.63) is 122 Å². The molecule has 69 heavy (non-hydrogen) atoms. The van der Waals surface area contributed by atoms with Crippen molar-refractivity contribution in [3.8, 4) is 11.5 Å². The molecule has 372 valence electrons. The van der Waals surface area contributed by atoms with E-state index < -0.39 is 29.9 Å². The molecule has 4 aromatic carbocycles. The summed E-state index contributed by atoms with van der Waals surface area (Å²) in [5, 5.41) is 50.7. The van der Waals surface area contributed by atoms with Gasteiger partial charge in [0.1, 0.15) is 43.0 Å². The third-order valence-corrected chi connectivity index (χ3v) is 12.7. The van der Waals surface area contributed by atoms with E-state index in [0.29, 0.717) is 49.9 Å². The molecule has 7 N–H and O–H groups in total. The van der Waals surface area contributed by atoms with Crippen molar-refractivity contribution in [2.75, 3.05) is 49.3 Å². The predicted octanol–water partition coefficient (Wildman–Crippen LogP) is 6.08. The minimum Gasteiger partial charge on any atom is -0.870 e. The number of benzene rings is 4. The number of hydrogen-bond donors (Lipinski definition) is 6. The maximum atomic E-state index is 13.6. The van der Waals surface area contributed by atoms with E-state index in [1.807, 2.05) is 76.2 Å². The van der Waals surface area contributed by atoms with Crippen LogP contribution in [0.3, 0.4) is 0 Å². The van der Waals surface area contributed by atoms with Crippen LogP contribution in [0, 0.1) is 13.8 Å². The number of aliphatic hydroxyl groups excluding tert-OH is 4. The number of aliphatic imine (C=N–C) groups is 2. The van der Waals surface area contributed by atoms with Crippen LogP contribution in [0.15, 0.2) is 99.8 Å². The van der Waals surface area contributed by atoms with Crippen LogP contribution in [0.2, 0.25) is 10.0 Å². The van der Waals surface area contributed by atoms with E-state index in [0.717, 1.165) is 46.5 Å². The summed E-state index contributed by atoms with van der Waals surface area (Å²) >= 11 is 15.3. The predicted molar refractivity (Wildman–Crippen MR) is 273 cm³/mol. The zero-order valence-electron chi connectivity index (χ0n) is 37.6. The molecule has 16 nitrogen and oxygen atoms in total. The van der Waals surface area contributed by atoms with Crippen LogP contribution < -0.4 is 48.8 Å². The van der Waals surface area contributed by atoms with Gasteiger partial charge in [-0.15, -0.1) is 0 Å². The fraction of sp³-hybridized carbons (Fsp3) is 0.375. The molecule has 4 aromatic rings.